The SMILES string of the molecule is CCCc1cc(=O)n2c(C(=O)Nc3ccc(CC)cc3)c(C(=O)Nc3ccc(C(=O)OCC)cc3)sc2n1. The van der Waals surface area contributed by atoms with Crippen molar-refractivity contribution in [1.29, 1.82) is 0 Å². The van der Waals surface area contributed by atoms with Gasteiger partial charge in [-0.3, -0.25) is 14.4 Å². The smallest absolute Gasteiger partial charge is 0.338 e. The molecule has 0 unspecified atom stereocenters. The fourth-order valence-electron chi connectivity index (χ4n) is 3.87. The Balaban J connectivity index is 1.71. The average molecular weight is 533 g/mol. The van der Waals surface area contributed by atoms with Crippen LogP contribution in [-0.4, -0.2) is 33.8 Å². The van der Waals surface area contributed by atoms with E-state index in [9.17, 15) is 19.2 Å². The maximum atomic E-state index is 13.4. The van der Waals surface area contributed by atoms with Crippen molar-refractivity contribution < 1.29 is 19.1 Å². The number of thiazole rings is 1. The number of esters is 1. The van der Waals surface area contributed by atoms with Crippen LogP contribution in [0.3, 0.4) is 0 Å². The number of carbonyl (C=O) groups is 3. The van der Waals surface area contributed by atoms with E-state index >= 15 is 0 Å². The molecule has 4 rings (SSSR count). The maximum absolute atomic E-state index is 13.4. The number of aryl methyl sites for hydroxylation is 2. The molecule has 4 aromatic rings. The van der Waals surface area contributed by atoms with Gasteiger partial charge in [-0.2, -0.15) is 0 Å². The van der Waals surface area contributed by atoms with Gasteiger partial charge in [0.05, 0.1) is 12.2 Å². The fraction of sp³-hybridized carbons (Fsp3) is 0.250. The number of hydrogen-bond donors (Lipinski definition) is 2. The van der Waals surface area contributed by atoms with Gasteiger partial charge in [0.15, 0.2) is 4.96 Å². The van der Waals surface area contributed by atoms with Gasteiger partial charge < -0.3 is 15.4 Å². The van der Waals surface area contributed by atoms with Crippen molar-refractivity contribution in [3.63, 3.8) is 0 Å². The zero-order valence-electron chi connectivity index (χ0n) is 21.4. The van der Waals surface area contributed by atoms with Crippen molar-refractivity contribution in [2.75, 3.05) is 17.2 Å². The van der Waals surface area contributed by atoms with E-state index < -0.39 is 23.3 Å². The van der Waals surface area contributed by atoms with Crippen molar-refractivity contribution in [2.24, 2.45) is 0 Å². The molecule has 38 heavy (non-hydrogen) atoms. The lowest BCUT2D eigenvalue weighted by atomic mass is 10.1. The molecule has 0 aliphatic carbocycles. The number of rotatable bonds is 9. The van der Waals surface area contributed by atoms with Crippen LogP contribution in [0.15, 0.2) is 59.4 Å². The molecule has 2 aromatic carbocycles. The number of carbonyl (C=O) groups excluding carboxylic acids is 3. The predicted molar refractivity (Wildman–Crippen MR) is 147 cm³/mol. The van der Waals surface area contributed by atoms with E-state index in [1.54, 1.807) is 31.2 Å². The first-order valence-corrected chi connectivity index (χ1v) is 13.2. The summed E-state index contributed by atoms with van der Waals surface area (Å²) in [5.74, 6) is -1.64. The van der Waals surface area contributed by atoms with Crippen molar-refractivity contribution in [1.82, 2.24) is 9.38 Å². The number of aromatic nitrogens is 2. The monoisotopic (exact) mass is 532 g/mol. The topological polar surface area (TPSA) is 119 Å². The van der Waals surface area contributed by atoms with Crippen LogP contribution in [0.2, 0.25) is 0 Å². The van der Waals surface area contributed by atoms with Crippen LogP contribution in [0.4, 0.5) is 11.4 Å². The lowest BCUT2D eigenvalue weighted by Gasteiger charge is -2.09. The summed E-state index contributed by atoms with van der Waals surface area (Å²) in [5, 5.41) is 5.54. The van der Waals surface area contributed by atoms with Crippen LogP contribution < -0.4 is 16.2 Å². The number of fused-ring (bicyclic) bond motifs is 1. The summed E-state index contributed by atoms with van der Waals surface area (Å²) in [5.41, 5.74) is 2.49. The third-order valence-electron chi connectivity index (χ3n) is 5.77. The highest BCUT2D eigenvalue weighted by atomic mass is 32.1. The first kappa shape index (κ1) is 26.7. The van der Waals surface area contributed by atoms with Gasteiger partial charge in [0.25, 0.3) is 17.4 Å². The maximum Gasteiger partial charge on any atom is 0.338 e. The zero-order valence-corrected chi connectivity index (χ0v) is 22.2. The molecular weight excluding hydrogens is 504 g/mol. The van der Waals surface area contributed by atoms with Crippen LogP contribution in [0.1, 0.15) is 69.0 Å². The van der Waals surface area contributed by atoms with E-state index in [-0.39, 0.29) is 22.1 Å². The van der Waals surface area contributed by atoms with Gasteiger partial charge in [0.2, 0.25) is 0 Å². The molecule has 0 fully saturated rings. The molecule has 9 nitrogen and oxygen atoms in total. The second-order valence-electron chi connectivity index (χ2n) is 8.49. The number of nitrogens with zero attached hydrogens (tertiary/aromatic N) is 2. The summed E-state index contributed by atoms with van der Waals surface area (Å²) in [6.07, 6.45) is 2.25. The van der Waals surface area contributed by atoms with Gasteiger partial charge >= 0.3 is 5.97 Å². The summed E-state index contributed by atoms with van der Waals surface area (Å²) in [7, 11) is 0. The number of amides is 2. The van der Waals surface area contributed by atoms with Crippen LogP contribution in [0, 0.1) is 0 Å². The van der Waals surface area contributed by atoms with Gasteiger partial charge in [0, 0.05) is 23.1 Å². The van der Waals surface area contributed by atoms with Crippen LogP contribution in [0.25, 0.3) is 4.96 Å². The molecule has 0 saturated carbocycles. The normalized spacial score (nSPS) is 10.8. The molecule has 0 bridgehead atoms. The number of hydrogen-bond acceptors (Lipinski definition) is 7. The number of ether oxygens (including phenoxy) is 1. The Labute approximate surface area is 223 Å². The lowest BCUT2D eigenvalue weighted by molar-refractivity contribution is 0.0526. The molecular formula is C28H28N4O5S. The molecule has 0 radical (unpaired) electrons. The number of nitrogens with one attached hydrogen (secondary N) is 2. The summed E-state index contributed by atoms with van der Waals surface area (Å²) in [6.45, 7) is 5.99. The van der Waals surface area contributed by atoms with Crippen molar-refractivity contribution >= 4 is 45.5 Å². The molecule has 196 valence electrons. The highest BCUT2D eigenvalue weighted by Crippen LogP contribution is 2.24. The largest absolute Gasteiger partial charge is 0.462 e. The molecule has 0 saturated heterocycles. The summed E-state index contributed by atoms with van der Waals surface area (Å²) in [4.78, 5) is 56.6. The van der Waals surface area contributed by atoms with Crippen LogP contribution in [-0.2, 0) is 17.6 Å². The lowest BCUT2D eigenvalue weighted by Crippen LogP contribution is -2.25. The zero-order chi connectivity index (χ0) is 27.2. The average Bonchev–Trinajstić information content (AvgIpc) is 3.30. The van der Waals surface area contributed by atoms with E-state index in [2.05, 4.69) is 15.6 Å². The first-order chi connectivity index (χ1) is 18.3. The van der Waals surface area contributed by atoms with E-state index in [0.717, 1.165) is 29.7 Å². The molecule has 2 amide bonds. The molecule has 10 heteroatoms. The predicted octanol–water partition coefficient (Wildman–Crippen LogP) is 4.95. The third-order valence-corrected chi connectivity index (χ3v) is 6.81. The Morgan fingerprint density at radius 3 is 2.16 bits per heavy atom. The molecule has 2 N–H and O–H groups in total. The Morgan fingerprint density at radius 2 is 1.55 bits per heavy atom. The fourth-order valence-corrected chi connectivity index (χ4v) is 4.91. The summed E-state index contributed by atoms with van der Waals surface area (Å²) >= 11 is 0.970. The second-order valence-corrected chi connectivity index (χ2v) is 9.47. The Kier molecular flexibility index (Phi) is 8.32. The molecule has 0 atom stereocenters. The molecule has 0 aliphatic rings. The standard InChI is InChI=1S/C28H28N4O5S/c1-4-7-21-16-22(33)32-23(25(34)29-19-12-8-17(5-2)9-13-19)24(38-28(32)31-21)26(35)30-20-14-10-18(11-15-20)27(36)37-6-3/h8-16H,4-7H2,1-3H3,(H,29,34)(H,30,35). The van der Waals surface area contributed by atoms with Crippen molar-refractivity contribution in [2.45, 2.75) is 40.0 Å². The highest BCUT2D eigenvalue weighted by molar-refractivity contribution is 7.19. The van der Waals surface area contributed by atoms with E-state index in [0.29, 0.717) is 29.1 Å². The molecule has 2 heterocycles. The minimum Gasteiger partial charge on any atom is -0.462 e. The third kappa shape index (κ3) is 5.81. The Morgan fingerprint density at radius 1 is 0.921 bits per heavy atom. The van der Waals surface area contributed by atoms with Gasteiger partial charge in [0.1, 0.15) is 10.6 Å². The van der Waals surface area contributed by atoms with Gasteiger partial charge in [-0.25, -0.2) is 14.2 Å². The van der Waals surface area contributed by atoms with Crippen molar-refractivity contribution in [3.05, 3.63) is 92.3 Å². The first-order valence-electron chi connectivity index (χ1n) is 12.4. The number of benzene rings is 2. The van der Waals surface area contributed by atoms with Crippen molar-refractivity contribution in [3.8, 4) is 0 Å². The minimum atomic E-state index is -0.601. The van der Waals surface area contributed by atoms with Gasteiger partial charge in [-0.05, 0) is 61.7 Å². The summed E-state index contributed by atoms with van der Waals surface area (Å²) in [6, 6.07) is 15.0. The van der Waals surface area contributed by atoms with Gasteiger partial charge in [-0.15, -0.1) is 0 Å². The van der Waals surface area contributed by atoms with E-state index in [4.69, 9.17) is 4.74 Å². The van der Waals surface area contributed by atoms with Gasteiger partial charge in [-0.1, -0.05) is 43.7 Å². The minimum absolute atomic E-state index is 0.0420. The second kappa shape index (κ2) is 11.8. The molecule has 2 aromatic heterocycles. The van der Waals surface area contributed by atoms with E-state index in [1.165, 1.54) is 22.6 Å². The Bertz CT molecular complexity index is 1540. The Hall–Kier alpha value is -4.31. The molecule has 0 aliphatic heterocycles. The highest BCUT2D eigenvalue weighted by Gasteiger charge is 2.26. The molecule has 0 spiro atoms. The van der Waals surface area contributed by atoms with Crippen LogP contribution in [0.5, 0.6) is 0 Å². The van der Waals surface area contributed by atoms with E-state index in [1.807, 2.05) is 26.0 Å². The van der Waals surface area contributed by atoms with Crippen LogP contribution >= 0.6 is 11.3 Å². The number of anilines is 2. The summed E-state index contributed by atoms with van der Waals surface area (Å²) < 4.78 is 6.16. The quantitative estimate of drug-likeness (QED) is 0.294.